The average molecular weight is 561 g/mol. The van der Waals surface area contributed by atoms with Crippen LogP contribution in [0.25, 0.3) is 10.2 Å². The summed E-state index contributed by atoms with van der Waals surface area (Å²) in [5.41, 5.74) is 7.86. The minimum atomic E-state index is -3.82. The van der Waals surface area contributed by atoms with Crippen molar-refractivity contribution in [2.45, 2.75) is 30.2 Å². The molecule has 0 fully saturated rings. The van der Waals surface area contributed by atoms with Gasteiger partial charge in [-0.3, -0.25) is 5.41 Å². The van der Waals surface area contributed by atoms with Gasteiger partial charge in [0.15, 0.2) is 0 Å². The Morgan fingerprint density at radius 3 is 2.72 bits per heavy atom. The zero-order chi connectivity index (χ0) is 27.2. The highest BCUT2D eigenvalue weighted by Crippen LogP contribution is 2.32. The number of H-pyrrole nitrogens is 1. The van der Waals surface area contributed by atoms with E-state index >= 15 is 0 Å². The Bertz CT molecular complexity index is 1670. The number of hydrogen-bond donors (Lipinski definition) is 4. The van der Waals surface area contributed by atoms with Crippen molar-refractivity contribution in [3.05, 3.63) is 107 Å². The molecule has 200 valence electrons. The number of nitrogens with zero attached hydrogens (tertiary/aromatic N) is 2. The highest BCUT2D eigenvalue weighted by molar-refractivity contribution is 7.89. The predicted molar refractivity (Wildman–Crippen MR) is 153 cm³/mol. The number of nitrogen functional groups attached to an aromatic ring is 1. The molecule has 1 atom stereocenters. The van der Waals surface area contributed by atoms with Crippen LogP contribution in [0.3, 0.4) is 0 Å². The van der Waals surface area contributed by atoms with Crippen molar-refractivity contribution in [1.82, 2.24) is 19.7 Å². The van der Waals surface area contributed by atoms with Crippen molar-refractivity contribution in [3.63, 3.8) is 0 Å². The first-order chi connectivity index (χ1) is 18.9. The molecule has 5 rings (SSSR count). The Morgan fingerprint density at radius 1 is 1.10 bits per heavy atom. The molecule has 2 heterocycles. The number of benzene rings is 3. The zero-order valence-corrected chi connectivity index (χ0v) is 22.6. The molecular weight excluding hydrogens is 532 g/mol. The number of amidine groups is 1. The summed E-state index contributed by atoms with van der Waals surface area (Å²) >= 11 is 1.42. The maximum Gasteiger partial charge on any atom is 0.241 e. The van der Waals surface area contributed by atoms with Gasteiger partial charge in [-0.25, -0.2) is 23.1 Å². The maximum atomic E-state index is 13.3. The second-order valence-corrected chi connectivity index (χ2v) is 11.8. The average Bonchev–Trinajstić information content (AvgIpc) is 3.61. The summed E-state index contributed by atoms with van der Waals surface area (Å²) in [6.07, 6.45) is 5.50. The number of aromatic amines is 1. The first-order valence-electron chi connectivity index (χ1n) is 12.4. The lowest BCUT2D eigenvalue weighted by Gasteiger charge is -2.17. The summed E-state index contributed by atoms with van der Waals surface area (Å²) in [7, 11) is -3.82. The molecule has 3 aromatic carbocycles. The van der Waals surface area contributed by atoms with Gasteiger partial charge in [-0.05, 0) is 54.8 Å². The third-order valence-electron chi connectivity index (χ3n) is 6.08. The molecule has 2 aromatic heterocycles. The number of nitrogens with two attached hydrogens (primary N) is 1. The minimum Gasteiger partial charge on any atom is -0.494 e. The Kier molecular flexibility index (Phi) is 8.01. The molecule has 39 heavy (non-hydrogen) atoms. The van der Waals surface area contributed by atoms with Crippen LogP contribution >= 0.6 is 11.3 Å². The van der Waals surface area contributed by atoms with E-state index in [0.717, 1.165) is 40.2 Å². The Morgan fingerprint density at radius 2 is 1.95 bits per heavy atom. The van der Waals surface area contributed by atoms with Crippen LogP contribution in [0.15, 0.2) is 90.1 Å². The van der Waals surface area contributed by atoms with Crippen molar-refractivity contribution in [2.75, 3.05) is 6.61 Å². The Hall–Kier alpha value is -4.06. The fourth-order valence-electron chi connectivity index (χ4n) is 4.16. The molecule has 0 radical (unpaired) electrons. The molecule has 0 saturated heterocycles. The quantitative estimate of drug-likeness (QED) is 0.0998. The van der Waals surface area contributed by atoms with Crippen LogP contribution in [0.1, 0.15) is 34.4 Å². The molecular formula is C28H28N6O3S2. The molecule has 0 saturated carbocycles. The second-order valence-electron chi connectivity index (χ2n) is 8.97. The standard InChI is InChI=1S/C28H28N6O3S2/c29-27(30)20-7-4-6-19(16-20)17-24(34-39(35,36)22-8-2-1-3-9-22)28-33-23-12-11-21(18-25(23)38-28)37-15-5-10-26-31-13-14-32-26/h1-4,6-9,11-14,16,18,24,34H,5,10,15,17H2,(H3,29,30)(H,31,32). The van der Waals surface area contributed by atoms with Crippen LogP contribution in [0, 0.1) is 5.41 Å². The monoisotopic (exact) mass is 560 g/mol. The molecule has 11 heteroatoms. The van der Waals surface area contributed by atoms with Crippen LogP contribution in [-0.2, 0) is 22.9 Å². The molecule has 1 unspecified atom stereocenters. The van der Waals surface area contributed by atoms with Crippen LogP contribution in [0.2, 0.25) is 0 Å². The smallest absolute Gasteiger partial charge is 0.241 e. The number of aromatic nitrogens is 3. The van der Waals surface area contributed by atoms with E-state index in [1.54, 1.807) is 54.9 Å². The number of imidazole rings is 1. The van der Waals surface area contributed by atoms with Gasteiger partial charge in [0.05, 0.1) is 27.8 Å². The fourth-order valence-corrected chi connectivity index (χ4v) is 6.50. The lowest BCUT2D eigenvalue weighted by Crippen LogP contribution is -2.30. The first-order valence-corrected chi connectivity index (χ1v) is 14.7. The largest absolute Gasteiger partial charge is 0.494 e. The highest BCUT2D eigenvalue weighted by atomic mass is 32.2. The van der Waals surface area contributed by atoms with E-state index in [1.807, 2.05) is 30.3 Å². The normalized spacial score (nSPS) is 12.4. The van der Waals surface area contributed by atoms with Crippen molar-refractivity contribution in [2.24, 2.45) is 5.73 Å². The molecule has 0 bridgehead atoms. The van der Waals surface area contributed by atoms with Gasteiger partial charge in [0, 0.05) is 24.4 Å². The summed E-state index contributed by atoms with van der Waals surface area (Å²) < 4.78 is 36.2. The number of ether oxygens (including phenoxy) is 1. The van der Waals surface area contributed by atoms with Gasteiger partial charge in [-0.1, -0.05) is 36.4 Å². The van der Waals surface area contributed by atoms with Crippen molar-refractivity contribution < 1.29 is 13.2 Å². The van der Waals surface area contributed by atoms with E-state index in [2.05, 4.69) is 14.7 Å². The van der Waals surface area contributed by atoms with E-state index in [9.17, 15) is 8.42 Å². The summed E-state index contributed by atoms with van der Waals surface area (Å²) in [5, 5.41) is 8.40. The van der Waals surface area contributed by atoms with Crippen LogP contribution in [0.4, 0.5) is 0 Å². The van der Waals surface area contributed by atoms with Gasteiger partial charge in [0.25, 0.3) is 0 Å². The van der Waals surface area contributed by atoms with E-state index in [0.29, 0.717) is 23.6 Å². The van der Waals surface area contributed by atoms with Crippen LogP contribution in [-0.4, -0.2) is 35.8 Å². The molecule has 0 aliphatic rings. The third-order valence-corrected chi connectivity index (χ3v) is 8.70. The van der Waals surface area contributed by atoms with E-state index in [-0.39, 0.29) is 10.7 Å². The van der Waals surface area contributed by atoms with Gasteiger partial charge >= 0.3 is 0 Å². The Balaban J connectivity index is 1.39. The van der Waals surface area contributed by atoms with Gasteiger partial charge in [0.2, 0.25) is 10.0 Å². The minimum absolute atomic E-state index is 0.0463. The van der Waals surface area contributed by atoms with Gasteiger partial charge in [-0.15, -0.1) is 11.3 Å². The maximum absolute atomic E-state index is 13.3. The highest BCUT2D eigenvalue weighted by Gasteiger charge is 2.25. The van der Waals surface area contributed by atoms with E-state index < -0.39 is 16.1 Å². The van der Waals surface area contributed by atoms with Crippen molar-refractivity contribution in [3.8, 4) is 5.75 Å². The first kappa shape index (κ1) is 26.5. The van der Waals surface area contributed by atoms with Gasteiger partial charge in [-0.2, -0.15) is 0 Å². The Labute approximate surface area is 230 Å². The lowest BCUT2D eigenvalue weighted by molar-refractivity contribution is 0.310. The molecule has 0 spiro atoms. The lowest BCUT2D eigenvalue weighted by atomic mass is 10.0. The van der Waals surface area contributed by atoms with E-state index in [1.165, 1.54) is 11.3 Å². The number of hydrogen-bond acceptors (Lipinski definition) is 7. The summed E-state index contributed by atoms with van der Waals surface area (Å²) in [6.45, 7) is 0.545. The van der Waals surface area contributed by atoms with E-state index in [4.69, 9.17) is 20.9 Å². The number of aryl methyl sites for hydroxylation is 1. The number of sulfonamides is 1. The van der Waals surface area contributed by atoms with Crippen LogP contribution in [0.5, 0.6) is 5.75 Å². The van der Waals surface area contributed by atoms with Gasteiger partial charge < -0.3 is 15.5 Å². The molecule has 5 aromatic rings. The predicted octanol–water partition coefficient (Wildman–Crippen LogP) is 4.58. The molecule has 0 aliphatic heterocycles. The molecule has 0 amide bonds. The molecule has 5 N–H and O–H groups in total. The zero-order valence-electron chi connectivity index (χ0n) is 21.0. The van der Waals surface area contributed by atoms with Gasteiger partial charge in [0.1, 0.15) is 22.4 Å². The number of nitrogens with one attached hydrogen (secondary N) is 3. The van der Waals surface area contributed by atoms with Crippen molar-refractivity contribution in [1.29, 1.82) is 5.41 Å². The second kappa shape index (κ2) is 11.8. The van der Waals surface area contributed by atoms with Crippen LogP contribution < -0.4 is 15.2 Å². The molecule has 9 nitrogen and oxygen atoms in total. The summed E-state index contributed by atoms with van der Waals surface area (Å²) in [5.74, 6) is 1.61. The summed E-state index contributed by atoms with van der Waals surface area (Å²) in [6, 6.07) is 20.6. The van der Waals surface area contributed by atoms with Crippen molar-refractivity contribution >= 4 is 37.4 Å². The number of rotatable bonds is 12. The number of thiazole rings is 1. The SMILES string of the molecule is N=C(N)c1cccc(CC(NS(=O)(=O)c2ccccc2)c2nc3ccc(OCCCc4ncc[nH]4)cc3s2)c1. The molecule has 0 aliphatic carbocycles. The number of fused-ring (bicyclic) bond motifs is 1. The topological polar surface area (TPSA) is 147 Å². The summed E-state index contributed by atoms with van der Waals surface area (Å²) in [4.78, 5) is 12.3. The fraction of sp³-hybridized carbons (Fsp3) is 0.179. The third kappa shape index (κ3) is 6.69.